The lowest BCUT2D eigenvalue weighted by molar-refractivity contribution is -0.139. The van der Waals surface area contributed by atoms with Gasteiger partial charge in [0.2, 0.25) is 11.8 Å². The summed E-state index contributed by atoms with van der Waals surface area (Å²) in [6.45, 7) is 6.72. The summed E-state index contributed by atoms with van der Waals surface area (Å²) in [6.07, 6.45) is 1.38. The Bertz CT molecular complexity index is 760. The molecule has 4 nitrogen and oxygen atoms in total. The van der Waals surface area contributed by atoms with E-state index in [-0.39, 0.29) is 11.8 Å². The molecule has 0 bridgehead atoms. The molecule has 2 rings (SSSR count). The first-order valence-electron chi connectivity index (χ1n) is 9.70. The highest BCUT2D eigenvalue weighted by Crippen LogP contribution is 2.16. The van der Waals surface area contributed by atoms with E-state index in [9.17, 15) is 9.59 Å². The van der Waals surface area contributed by atoms with Crippen molar-refractivity contribution in [3.05, 3.63) is 70.7 Å². The zero-order valence-electron chi connectivity index (χ0n) is 16.8. The normalized spacial score (nSPS) is 11.9. The monoisotopic (exact) mass is 400 g/mol. The van der Waals surface area contributed by atoms with E-state index in [1.54, 1.807) is 17.0 Å². The van der Waals surface area contributed by atoms with Crippen molar-refractivity contribution >= 4 is 23.4 Å². The summed E-state index contributed by atoms with van der Waals surface area (Å²) in [5.41, 5.74) is 1.96. The van der Waals surface area contributed by atoms with Crippen LogP contribution in [0.3, 0.4) is 0 Å². The molecule has 1 N–H and O–H groups in total. The number of hydrogen-bond donors (Lipinski definition) is 1. The van der Waals surface area contributed by atoms with Gasteiger partial charge in [-0.15, -0.1) is 0 Å². The fourth-order valence-corrected chi connectivity index (χ4v) is 3.14. The van der Waals surface area contributed by atoms with Crippen molar-refractivity contribution in [3.63, 3.8) is 0 Å². The van der Waals surface area contributed by atoms with Gasteiger partial charge in [0, 0.05) is 31.5 Å². The topological polar surface area (TPSA) is 49.4 Å². The summed E-state index contributed by atoms with van der Waals surface area (Å²) < 4.78 is 0. The summed E-state index contributed by atoms with van der Waals surface area (Å²) >= 11 is 5.97. The van der Waals surface area contributed by atoms with Gasteiger partial charge >= 0.3 is 0 Å². The fourth-order valence-electron chi connectivity index (χ4n) is 3.01. The van der Waals surface area contributed by atoms with Crippen LogP contribution in [0.1, 0.15) is 38.3 Å². The molecule has 1 atom stereocenters. The van der Waals surface area contributed by atoms with Crippen LogP contribution in [-0.4, -0.2) is 29.3 Å². The van der Waals surface area contributed by atoms with Crippen molar-refractivity contribution in [2.45, 2.75) is 46.2 Å². The van der Waals surface area contributed by atoms with Gasteiger partial charge in [-0.05, 0) is 35.6 Å². The number of carbonyl (C=O) groups excluding carboxylic acids is 2. The summed E-state index contributed by atoms with van der Waals surface area (Å²) in [5.74, 6) is 0.259. The number of benzene rings is 2. The molecule has 0 aliphatic heterocycles. The Morgan fingerprint density at radius 1 is 1.00 bits per heavy atom. The van der Waals surface area contributed by atoms with Gasteiger partial charge < -0.3 is 10.2 Å². The standard InChI is InChI=1S/C23H29ClN2O2/c1-17(2)13-14-25-23(28)22(15-19-7-5-4-6-8-19)26(18(3)27)16-20-9-11-21(24)12-10-20/h4-12,17,22H,13-16H2,1-3H3,(H,25,28)/t22-/m1/s1. The summed E-state index contributed by atoms with van der Waals surface area (Å²) in [4.78, 5) is 27.1. The van der Waals surface area contributed by atoms with E-state index in [4.69, 9.17) is 11.6 Å². The Balaban J connectivity index is 2.22. The highest BCUT2D eigenvalue weighted by molar-refractivity contribution is 6.30. The highest BCUT2D eigenvalue weighted by Gasteiger charge is 2.28. The van der Waals surface area contributed by atoms with Crippen LogP contribution in [0.2, 0.25) is 5.02 Å². The molecule has 0 saturated heterocycles. The number of rotatable bonds is 9. The van der Waals surface area contributed by atoms with Crippen molar-refractivity contribution < 1.29 is 9.59 Å². The first kappa shape index (κ1) is 22.0. The minimum absolute atomic E-state index is 0.117. The molecular weight excluding hydrogens is 372 g/mol. The van der Waals surface area contributed by atoms with Gasteiger partial charge in [0.25, 0.3) is 0 Å². The van der Waals surface area contributed by atoms with Crippen LogP contribution in [0.25, 0.3) is 0 Å². The summed E-state index contributed by atoms with van der Waals surface area (Å²) in [5, 5.41) is 3.65. The molecule has 0 unspecified atom stereocenters. The second kappa shape index (κ2) is 10.9. The van der Waals surface area contributed by atoms with E-state index in [2.05, 4.69) is 19.2 Å². The van der Waals surface area contributed by atoms with Crippen LogP contribution < -0.4 is 5.32 Å². The number of amides is 2. The number of halogens is 1. The smallest absolute Gasteiger partial charge is 0.243 e. The molecule has 0 fully saturated rings. The molecule has 2 aromatic rings. The largest absolute Gasteiger partial charge is 0.354 e. The number of hydrogen-bond acceptors (Lipinski definition) is 2. The van der Waals surface area contributed by atoms with E-state index in [0.717, 1.165) is 17.5 Å². The van der Waals surface area contributed by atoms with Crippen molar-refractivity contribution in [3.8, 4) is 0 Å². The van der Waals surface area contributed by atoms with Crippen molar-refractivity contribution in [1.29, 1.82) is 0 Å². The van der Waals surface area contributed by atoms with E-state index in [0.29, 0.717) is 30.5 Å². The second-order valence-corrected chi connectivity index (χ2v) is 7.89. The summed E-state index contributed by atoms with van der Waals surface area (Å²) in [7, 11) is 0. The number of carbonyl (C=O) groups is 2. The van der Waals surface area contributed by atoms with Crippen LogP contribution in [0, 0.1) is 5.92 Å². The van der Waals surface area contributed by atoms with E-state index < -0.39 is 6.04 Å². The van der Waals surface area contributed by atoms with Gasteiger partial charge in [0.05, 0.1) is 0 Å². The van der Waals surface area contributed by atoms with Gasteiger partial charge in [-0.1, -0.05) is 67.9 Å². The van der Waals surface area contributed by atoms with Crippen molar-refractivity contribution in [2.24, 2.45) is 5.92 Å². The molecule has 5 heteroatoms. The first-order chi connectivity index (χ1) is 13.4. The average molecular weight is 401 g/mol. The lowest BCUT2D eigenvalue weighted by atomic mass is 10.0. The third-order valence-electron chi connectivity index (χ3n) is 4.64. The molecule has 0 aromatic heterocycles. The Labute approximate surface area is 172 Å². The summed E-state index contributed by atoms with van der Waals surface area (Å²) in [6, 6.07) is 16.6. The van der Waals surface area contributed by atoms with Gasteiger partial charge in [-0.25, -0.2) is 0 Å². The van der Waals surface area contributed by atoms with E-state index >= 15 is 0 Å². The molecule has 0 spiro atoms. The second-order valence-electron chi connectivity index (χ2n) is 7.45. The molecule has 0 saturated carbocycles. The minimum atomic E-state index is -0.567. The minimum Gasteiger partial charge on any atom is -0.354 e. The number of nitrogens with one attached hydrogen (secondary N) is 1. The van der Waals surface area contributed by atoms with Gasteiger partial charge in [-0.2, -0.15) is 0 Å². The molecule has 150 valence electrons. The molecule has 28 heavy (non-hydrogen) atoms. The lowest BCUT2D eigenvalue weighted by Crippen LogP contribution is -2.50. The van der Waals surface area contributed by atoms with Crippen LogP contribution >= 0.6 is 11.6 Å². The zero-order valence-corrected chi connectivity index (χ0v) is 17.6. The van der Waals surface area contributed by atoms with Gasteiger partial charge in [0.1, 0.15) is 6.04 Å². The number of nitrogens with zero attached hydrogens (tertiary/aromatic N) is 1. The maximum atomic E-state index is 13.0. The highest BCUT2D eigenvalue weighted by atomic mass is 35.5. The maximum Gasteiger partial charge on any atom is 0.243 e. The lowest BCUT2D eigenvalue weighted by Gasteiger charge is -2.30. The van der Waals surface area contributed by atoms with Crippen LogP contribution in [0.15, 0.2) is 54.6 Å². The predicted octanol–water partition coefficient (Wildman–Crippen LogP) is 4.46. The Hall–Kier alpha value is -2.33. The maximum absolute atomic E-state index is 13.0. The van der Waals surface area contributed by atoms with E-state index in [1.165, 1.54) is 6.92 Å². The molecular formula is C23H29ClN2O2. The van der Waals surface area contributed by atoms with Crippen molar-refractivity contribution in [2.75, 3.05) is 6.54 Å². The Kier molecular flexibility index (Phi) is 8.52. The van der Waals surface area contributed by atoms with E-state index in [1.807, 2.05) is 42.5 Å². The molecule has 0 heterocycles. The zero-order chi connectivity index (χ0) is 20.5. The third kappa shape index (κ3) is 7.01. The van der Waals surface area contributed by atoms with Gasteiger partial charge in [0.15, 0.2) is 0 Å². The van der Waals surface area contributed by atoms with Gasteiger partial charge in [-0.3, -0.25) is 9.59 Å². The third-order valence-corrected chi connectivity index (χ3v) is 4.89. The van der Waals surface area contributed by atoms with Crippen molar-refractivity contribution in [1.82, 2.24) is 10.2 Å². The van der Waals surface area contributed by atoms with Crippen LogP contribution in [-0.2, 0) is 22.6 Å². The van der Waals surface area contributed by atoms with Crippen LogP contribution in [0.4, 0.5) is 0 Å². The first-order valence-corrected chi connectivity index (χ1v) is 10.1. The molecule has 0 aliphatic rings. The predicted molar refractivity (Wildman–Crippen MR) is 114 cm³/mol. The molecule has 0 radical (unpaired) electrons. The quantitative estimate of drug-likeness (QED) is 0.675. The Morgan fingerprint density at radius 2 is 1.64 bits per heavy atom. The fraction of sp³-hybridized carbons (Fsp3) is 0.391. The van der Waals surface area contributed by atoms with Crippen LogP contribution in [0.5, 0.6) is 0 Å². The molecule has 2 amide bonds. The average Bonchev–Trinajstić information content (AvgIpc) is 2.66. The molecule has 2 aromatic carbocycles. The molecule has 0 aliphatic carbocycles. The Morgan fingerprint density at radius 3 is 2.21 bits per heavy atom. The SMILES string of the molecule is CC(=O)N(Cc1ccc(Cl)cc1)[C@H](Cc1ccccc1)C(=O)NCCC(C)C.